The number of hydrogen-bond donors (Lipinski definition) is 2. The van der Waals surface area contributed by atoms with Crippen molar-refractivity contribution >= 4 is 23.2 Å². The number of aliphatic hydroxyl groups is 1. The Morgan fingerprint density at radius 1 is 1.53 bits per heavy atom. The summed E-state index contributed by atoms with van der Waals surface area (Å²) in [6.45, 7) is 3.57. The van der Waals surface area contributed by atoms with Gasteiger partial charge in [-0.05, 0) is 25.0 Å². The van der Waals surface area contributed by atoms with Crippen molar-refractivity contribution in [2.45, 2.75) is 32.7 Å². The third-order valence-electron chi connectivity index (χ3n) is 2.74. The number of rotatable bonds is 6. The molecule has 1 atom stereocenters. The number of aliphatic hydroxyl groups excluding tert-OH is 1. The highest BCUT2D eigenvalue weighted by Gasteiger charge is 2.22. The van der Waals surface area contributed by atoms with Crippen molar-refractivity contribution in [2.75, 3.05) is 13.7 Å². The molecule has 0 aromatic carbocycles. The number of hydrogen-bond acceptors (Lipinski definition) is 5. The molecule has 0 aliphatic heterocycles. The molecule has 0 saturated heterocycles. The van der Waals surface area contributed by atoms with Gasteiger partial charge in [0.05, 0.1) is 18.6 Å². The van der Waals surface area contributed by atoms with Crippen LogP contribution in [0.5, 0.6) is 0 Å². The van der Waals surface area contributed by atoms with E-state index in [0.717, 1.165) is 23.3 Å². The van der Waals surface area contributed by atoms with Crippen molar-refractivity contribution in [3.63, 3.8) is 0 Å². The van der Waals surface area contributed by atoms with E-state index in [9.17, 15) is 9.59 Å². The number of methoxy groups -OCH3 is 1. The van der Waals surface area contributed by atoms with Crippen LogP contribution in [-0.4, -0.2) is 36.7 Å². The Balaban J connectivity index is 2.77. The molecule has 0 saturated carbocycles. The first-order valence-corrected chi connectivity index (χ1v) is 6.94. The lowest BCUT2D eigenvalue weighted by Crippen LogP contribution is -2.43. The number of thiophene rings is 1. The Labute approximate surface area is 116 Å². The standard InChI is InChI=1S/C13H19NO4S/c1-4-5-9-6-11(19-8(9)2)12(16)14-10(7-15)13(17)18-3/h6,10,15H,4-5,7H2,1-3H3,(H,14,16). The number of esters is 1. The van der Waals surface area contributed by atoms with E-state index in [2.05, 4.69) is 17.0 Å². The van der Waals surface area contributed by atoms with Crippen LogP contribution < -0.4 is 5.32 Å². The van der Waals surface area contributed by atoms with Gasteiger partial charge >= 0.3 is 5.97 Å². The molecule has 0 aliphatic rings. The highest BCUT2D eigenvalue weighted by molar-refractivity contribution is 7.14. The number of aryl methyl sites for hydroxylation is 2. The van der Waals surface area contributed by atoms with Crippen LogP contribution in [0.3, 0.4) is 0 Å². The average molecular weight is 285 g/mol. The average Bonchev–Trinajstić information content (AvgIpc) is 2.77. The number of amides is 1. The maximum Gasteiger partial charge on any atom is 0.330 e. The monoisotopic (exact) mass is 285 g/mol. The summed E-state index contributed by atoms with van der Waals surface area (Å²) >= 11 is 1.39. The fourth-order valence-corrected chi connectivity index (χ4v) is 2.67. The molecule has 2 N–H and O–H groups in total. The fourth-order valence-electron chi connectivity index (χ4n) is 1.70. The predicted octanol–water partition coefficient (Wildman–Crippen LogP) is 1.27. The van der Waals surface area contributed by atoms with Gasteiger partial charge in [0.2, 0.25) is 0 Å². The molecule has 19 heavy (non-hydrogen) atoms. The lowest BCUT2D eigenvalue weighted by molar-refractivity contribution is -0.143. The van der Waals surface area contributed by atoms with Crippen molar-refractivity contribution in [1.82, 2.24) is 5.32 Å². The van der Waals surface area contributed by atoms with E-state index >= 15 is 0 Å². The Morgan fingerprint density at radius 3 is 2.74 bits per heavy atom. The lowest BCUT2D eigenvalue weighted by Gasteiger charge is -2.12. The van der Waals surface area contributed by atoms with E-state index in [1.807, 2.05) is 13.0 Å². The SMILES string of the molecule is CCCc1cc(C(=O)NC(CO)C(=O)OC)sc1C. The minimum atomic E-state index is -1.02. The van der Waals surface area contributed by atoms with Gasteiger partial charge < -0.3 is 15.2 Å². The zero-order valence-electron chi connectivity index (χ0n) is 11.4. The summed E-state index contributed by atoms with van der Waals surface area (Å²) in [6, 6.07) is 0.819. The summed E-state index contributed by atoms with van der Waals surface area (Å²) in [5.74, 6) is -1.02. The molecule has 0 fully saturated rings. The van der Waals surface area contributed by atoms with Gasteiger partial charge in [0.25, 0.3) is 5.91 Å². The van der Waals surface area contributed by atoms with E-state index in [-0.39, 0.29) is 5.91 Å². The van der Waals surface area contributed by atoms with Gasteiger partial charge in [-0.25, -0.2) is 4.79 Å². The Hall–Kier alpha value is -1.40. The van der Waals surface area contributed by atoms with E-state index < -0.39 is 18.6 Å². The molecule has 6 heteroatoms. The molecule has 0 bridgehead atoms. The Bertz CT molecular complexity index is 455. The van der Waals surface area contributed by atoms with Crippen molar-refractivity contribution in [3.8, 4) is 0 Å². The van der Waals surface area contributed by atoms with Crippen molar-refractivity contribution in [3.05, 3.63) is 21.4 Å². The highest BCUT2D eigenvalue weighted by atomic mass is 32.1. The largest absolute Gasteiger partial charge is 0.467 e. The normalized spacial score (nSPS) is 12.0. The van der Waals surface area contributed by atoms with Gasteiger partial charge in [0, 0.05) is 4.88 Å². The topological polar surface area (TPSA) is 75.6 Å². The zero-order chi connectivity index (χ0) is 14.4. The van der Waals surface area contributed by atoms with E-state index in [4.69, 9.17) is 5.11 Å². The summed E-state index contributed by atoms with van der Waals surface area (Å²) in [7, 11) is 1.21. The summed E-state index contributed by atoms with van der Waals surface area (Å²) in [5, 5.41) is 11.5. The van der Waals surface area contributed by atoms with Crippen molar-refractivity contribution in [1.29, 1.82) is 0 Å². The predicted molar refractivity (Wildman–Crippen MR) is 73.4 cm³/mol. The van der Waals surface area contributed by atoms with Gasteiger partial charge in [-0.15, -0.1) is 11.3 Å². The molecule has 0 radical (unpaired) electrons. The van der Waals surface area contributed by atoms with Crippen LogP contribution in [0, 0.1) is 6.92 Å². The number of carbonyl (C=O) groups excluding carboxylic acids is 2. The maximum absolute atomic E-state index is 12.0. The van der Waals surface area contributed by atoms with Crippen LogP contribution in [0.25, 0.3) is 0 Å². The van der Waals surface area contributed by atoms with Crippen molar-refractivity contribution < 1.29 is 19.4 Å². The summed E-state index contributed by atoms with van der Waals surface area (Å²) < 4.78 is 4.50. The summed E-state index contributed by atoms with van der Waals surface area (Å²) in [6.07, 6.45) is 1.94. The van der Waals surface area contributed by atoms with Crippen LogP contribution in [0.1, 0.15) is 33.5 Å². The summed E-state index contributed by atoms with van der Waals surface area (Å²) in [5.41, 5.74) is 1.15. The smallest absolute Gasteiger partial charge is 0.330 e. The Kier molecular flexibility index (Phi) is 5.98. The molecule has 0 aliphatic carbocycles. The van der Waals surface area contributed by atoms with Crippen LogP contribution in [0.2, 0.25) is 0 Å². The molecule has 1 aromatic heterocycles. The number of ether oxygens (including phenoxy) is 1. The fraction of sp³-hybridized carbons (Fsp3) is 0.538. The maximum atomic E-state index is 12.0. The molecule has 1 heterocycles. The second kappa shape index (κ2) is 7.25. The molecule has 0 spiro atoms. The zero-order valence-corrected chi connectivity index (χ0v) is 12.2. The number of nitrogens with one attached hydrogen (secondary N) is 1. The summed E-state index contributed by atoms with van der Waals surface area (Å²) in [4.78, 5) is 24.9. The van der Waals surface area contributed by atoms with Crippen LogP contribution in [0.15, 0.2) is 6.07 Å². The first-order chi connectivity index (χ1) is 9.03. The second-order valence-corrected chi connectivity index (χ2v) is 5.43. The minimum absolute atomic E-state index is 0.361. The molecule has 1 amide bonds. The molecule has 5 nitrogen and oxygen atoms in total. The van der Waals surface area contributed by atoms with Crippen LogP contribution in [0.4, 0.5) is 0 Å². The molecular formula is C13H19NO4S. The van der Waals surface area contributed by atoms with E-state index in [0.29, 0.717) is 4.88 Å². The van der Waals surface area contributed by atoms with E-state index in [1.54, 1.807) is 0 Å². The number of carbonyl (C=O) groups is 2. The third kappa shape index (κ3) is 4.04. The first-order valence-electron chi connectivity index (χ1n) is 6.12. The van der Waals surface area contributed by atoms with Gasteiger partial charge in [-0.1, -0.05) is 13.3 Å². The molecule has 1 unspecified atom stereocenters. The minimum Gasteiger partial charge on any atom is -0.467 e. The van der Waals surface area contributed by atoms with Gasteiger partial charge in [0.15, 0.2) is 6.04 Å². The van der Waals surface area contributed by atoms with Gasteiger partial charge in [-0.3, -0.25) is 4.79 Å². The highest BCUT2D eigenvalue weighted by Crippen LogP contribution is 2.22. The Morgan fingerprint density at radius 2 is 2.21 bits per heavy atom. The van der Waals surface area contributed by atoms with Crippen molar-refractivity contribution in [2.24, 2.45) is 0 Å². The van der Waals surface area contributed by atoms with Gasteiger partial charge in [0.1, 0.15) is 0 Å². The van der Waals surface area contributed by atoms with Gasteiger partial charge in [-0.2, -0.15) is 0 Å². The lowest BCUT2D eigenvalue weighted by atomic mass is 10.1. The second-order valence-electron chi connectivity index (χ2n) is 4.17. The molecule has 1 rings (SSSR count). The first kappa shape index (κ1) is 15.7. The third-order valence-corrected chi connectivity index (χ3v) is 3.83. The quantitative estimate of drug-likeness (QED) is 0.772. The van der Waals surface area contributed by atoms with Crippen LogP contribution >= 0.6 is 11.3 Å². The molecule has 1 aromatic rings. The molecule has 106 valence electrons. The van der Waals surface area contributed by atoms with E-state index in [1.165, 1.54) is 18.4 Å². The molecular weight excluding hydrogens is 266 g/mol. The van der Waals surface area contributed by atoms with Crippen LogP contribution in [-0.2, 0) is 16.0 Å².